The minimum Gasteiger partial charge on any atom is -0.492 e. The molecule has 3 fully saturated rings. The molecule has 5 aliphatic rings. The van der Waals surface area contributed by atoms with Crippen LogP contribution in [0.3, 0.4) is 0 Å². The predicted octanol–water partition coefficient (Wildman–Crippen LogP) is 5.11. The molecule has 2 aliphatic heterocycles. The van der Waals surface area contributed by atoms with Crippen molar-refractivity contribution in [2.45, 2.75) is 77.7 Å². The van der Waals surface area contributed by atoms with E-state index in [4.69, 9.17) is 4.74 Å². The third-order valence-corrected chi connectivity index (χ3v) is 13.3. The summed E-state index contributed by atoms with van der Waals surface area (Å²) in [5, 5.41) is 10.7. The fraction of sp³-hybridized carbons (Fsp3) is 0.622. The topological polar surface area (TPSA) is 73.3 Å². The van der Waals surface area contributed by atoms with Crippen LogP contribution in [0.15, 0.2) is 24.3 Å². The van der Waals surface area contributed by atoms with Crippen LogP contribution >= 0.6 is 0 Å². The van der Waals surface area contributed by atoms with E-state index >= 15 is 0 Å². The fourth-order valence-corrected chi connectivity index (χ4v) is 10.7. The van der Waals surface area contributed by atoms with Gasteiger partial charge in [-0.25, -0.2) is 8.42 Å². The number of hydrogen-bond donors (Lipinski definition) is 1. The van der Waals surface area contributed by atoms with Crippen molar-refractivity contribution in [1.82, 2.24) is 4.90 Å². The number of fused-ring (bicyclic) bond motifs is 6. The molecule has 1 saturated heterocycles. The Morgan fingerprint density at radius 2 is 1.82 bits per heavy atom. The number of aryl methyl sites for hydroxylation is 1. The van der Waals surface area contributed by atoms with Crippen LogP contribution in [0.1, 0.15) is 79.7 Å². The van der Waals surface area contributed by atoms with Gasteiger partial charge in [0, 0.05) is 50.5 Å². The molecule has 2 heterocycles. The molecule has 0 unspecified atom stereocenters. The SMILES string of the molecule is CC#Cc1c(C)c(N2CCN(CCOc3ccc4c(c3)CC[C@@H]3[C@@H]4CC[C@]4(C)[C@@H](O)CC[C@@H]34)CC2)cc2c1CCN2S(C)(=O)=O. The lowest BCUT2D eigenvalue weighted by atomic mass is 9.55. The van der Waals surface area contributed by atoms with Gasteiger partial charge in [-0.3, -0.25) is 9.21 Å². The Hall–Kier alpha value is -2.73. The Morgan fingerprint density at radius 1 is 1.02 bits per heavy atom. The Bertz CT molecular complexity index is 1640. The highest BCUT2D eigenvalue weighted by molar-refractivity contribution is 7.92. The molecule has 7 nitrogen and oxygen atoms in total. The van der Waals surface area contributed by atoms with Crippen molar-refractivity contribution < 1.29 is 18.3 Å². The molecule has 7 rings (SSSR count). The Labute approximate surface area is 270 Å². The van der Waals surface area contributed by atoms with Gasteiger partial charge in [0.25, 0.3) is 0 Å². The van der Waals surface area contributed by atoms with Crippen molar-refractivity contribution in [3.63, 3.8) is 0 Å². The van der Waals surface area contributed by atoms with Crippen LogP contribution in [-0.2, 0) is 22.9 Å². The van der Waals surface area contributed by atoms with E-state index in [-0.39, 0.29) is 11.5 Å². The van der Waals surface area contributed by atoms with Crippen molar-refractivity contribution >= 4 is 21.4 Å². The zero-order valence-corrected chi connectivity index (χ0v) is 28.3. The number of nitrogens with zero attached hydrogens (tertiary/aromatic N) is 3. The molecule has 242 valence electrons. The van der Waals surface area contributed by atoms with Crippen LogP contribution in [0.2, 0.25) is 0 Å². The van der Waals surface area contributed by atoms with Crippen LogP contribution in [0.5, 0.6) is 5.75 Å². The first-order chi connectivity index (χ1) is 21.6. The lowest BCUT2D eigenvalue weighted by molar-refractivity contribution is -0.0226. The van der Waals surface area contributed by atoms with Crippen LogP contribution in [0.4, 0.5) is 11.4 Å². The van der Waals surface area contributed by atoms with Crippen LogP contribution in [0.25, 0.3) is 0 Å². The lowest BCUT2D eigenvalue weighted by Gasteiger charge is -2.50. The first kappa shape index (κ1) is 30.9. The number of ether oxygens (including phenoxy) is 1. The second kappa shape index (κ2) is 11.8. The van der Waals surface area contributed by atoms with Crippen molar-refractivity contribution in [2.24, 2.45) is 17.3 Å². The fourth-order valence-electron chi connectivity index (χ4n) is 9.71. The van der Waals surface area contributed by atoms with Crippen LogP contribution in [-0.4, -0.2) is 76.7 Å². The van der Waals surface area contributed by atoms with Gasteiger partial charge in [-0.2, -0.15) is 0 Å². The molecule has 2 saturated carbocycles. The molecule has 0 aromatic heterocycles. The molecule has 2 aromatic rings. The number of sulfonamides is 1. The highest BCUT2D eigenvalue weighted by Gasteiger charge is 2.54. The maximum atomic E-state index is 12.5. The minimum atomic E-state index is -3.33. The lowest BCUT2D eigenvalue weighted by Crippen LogP contribution is -2.47. The third kappa shape index (κ3) is 5.43. The van der Waals surface area contributed by atoms with E-state index in [9.17, 15) is 13.5 Å². The normalized spacial score (nSPS) is 29.4. The average Bonchev–Trinajstić information content (AvgIpc) is 3.59. The first-order valence-corrected chi connectivity index (χ1v) is 18.9. The zero-order chi connectivity index (χ0) is 31.5. The second-order valence-corrected chi connectivity index (χ2v) is 16.4. The zero-order valence-electron chi connectivity index (χ0n) is 27.4. The molecule has 0 bridgehead atoms. The summed E-state index contributed by atoms with van der Waals surface area (Å²) in [6.45, 7) is 12.0. The highest BCUT2D eigenvalue weighted by Crippen LogP contribution is 2.61. The van der Waals surface area contributed by atoms with Gasteiger partial charge in [0.15, 0.2) is 0 Å². The smallest absolute Gasteiger partial charge is 0.232 e. The molecular weight excluding hydrogens is 582 g/mol. The molecule has 3 aliphatic carbocycles. The third-order valence-electron chi connectivity index (χ3n) is 12.2. The van der Waals surface area contributed by atoms with Crippen LogP contribution in [0, 0.1) is 36.0 Å². The molecule has 0 amide bonds. The largest absolute Gasteiger partial charge is 0.492 e. The molecule has 0 radical (unpaired) electrons. The van der Waals surface area contributed by atoms with Gasteiger partial charge in [-0.15, -0.1) is 5.92 Å². The van der Waals surface area contributed by atoms with Gasteiger partial charge in [0.1, 0.15) is 12.4 Å². The van der Waals surface area contributed by atoms with E-state index in [1.165, 1.54) is 36.6 Å². The summed E-state index contributed by atoms with van der Waals surface area (Å²) in [6.07, 6.45) is 8.74. The summed E-state index contributed by atoms with van der Waals surface area (Å²) < 4.78 is 32.9. The van der Waals surface area contributed by atoms with E-state index in [0.717, 1.165) is 85.8 Å². The summed E-state index contributed by atoms with van der Waals surface area (Å²) in [4.78, 5) is 4.86. The standard InChI is InChI=1S/C37H49N3O4S/c1-5-6-28-25(2)34(24-35-32(28)14-16-40(35)45(4,42)43)39-19-17-38(18-20-39)21-22-44-27-8-10-29-26(23-27)7-9-31-30(29)13-15-37(3)33(31)11-12-36(37)41/h8,10,23-24,30-31,33,36,41H,7,9,11-22H2,1-4H3/t30-,31-,33+,36+,37+/m1/s1. The summed E-state index contributed by atoms with van der Waals surface area (Å²) in [5.41, 5.74) is 8.23. The van der Waals surface area contributed by atoms with E-state index in [0.29, 0.717) is 37.3 Å². The quantitative estimate of drug-likeness (QED) is 0.447. The average molecular weight is 632 g/mol. The molecule has 2 aromatic carbocycles. The van der Waals surface area contributed by atoms with Crippen LogP contribution < -0.4 is 13.9 Å². The summed E-state index contributed by atoms with van der Waals surface area (Å²) in [7, 11) is -3.33. The number of rotatable bonds is 6. The number of anilines is 2. The number of aliphatic hydroxyl groups excluding tert-OH is 1. The summed E-state index contributed by atoms with van der Waals surface area (Å²) in [5.74, 6) is 9.34. The summed E-state index contributed by atoms with van der Waals surface area (Å²) >= 11 is 0. The number of piperazine rings is 1. The highest BCUT2D eigenvalue weighted by atomic mass is 32.2. The molecule has 45 heavy (non-hydrogen) atoms. The number of hydrogen-bond acceptors (Lipinski definition) is 6. The molecular formula is C37H49N3O4S. The Balaban J connectivity index is 0.958. The van der Waals surface area contributed by atoms with Crippen molar-refractivity contribution in [3.8, 4) is 17.6 Å². The Kier molecular flexibility index (Phi) is 8.11. The van der Waals surface area contributed by atoms with Gasteiger partial charge in [0.2, 0.25) is 10.0 Å². The second-order valence-electron chi connectivity index (χ2n) is 14.4. The first-order valence-electron chi connectivity index (χ1n) is 17.1. The monoisotopic (exact) mass is 631 g/mol. The molecule has 8 heteroatoms. The minimum absolute atomic E-state index is 0.118. The van der Waals surface area contributed by atoms with E-state index < -0.39 is 10.0 Å². The van der Waals surface area contributed by atoms with E-state index in [2.05, 4.69) is 59.8 Å². The number of benzene rings is 2. The van der Waals surface area contributed by atoms with Crippen molar-refractivity contribution in [1.29, 1.82) is 0 Å². The predicted molar refractivity (Wildman–Crippen MR) is 181 cm³/mol. The molecule has 0 spiro atoms. The maximum absolute atomic E-state index is 12.5. The molecule has 5 atom stereocenters. The van der Waals surface area contributed by atoms with Gasteiger partial charge in [-0.1, -0.05) is 18.9 Å². The van der Waals surface area contributed by atoms with E-state index in [1.54, 1.807) is 4.31 Å². The number of aliphatic hydroxyl groups is 1. The molecule has 1 N–H and O–H groups in total. The van der Waals surface area contributed by atoms with Crippen molar-refractivity contribution in [2.75, 3.05) is 61.3 Å². The summed E-state index contributed by atoms with van der Waals surface area (Å²) in [6, 6.07) is 8.91. The van der Waals surface area contributed by atoms with Gasteiger partial charge < -0.3 is 14.7 Å². The van der Waals surface area contributed by atoms with Gasteiger partial charge in [-0.05, 0) is 122 Å². The van der Waals surface area contributed by atoms with Gasteiger partial charge in [0.05, 0.1) is 18.0 Å². The maximum Gasteiger partial charge on any atom is 0.232 e. The van der Waals surface area contributed by atoms with Gasteiger partial charge >= 0.3 is 0 Å². The van der Waals surface area contributed by atoms with Crippen molar-refractivity contribution in [3.05, 3.63) is 52.1 Å². The van der Waals surface area contributed by atoms with E-state index in [1.807, 2.05) is 6.92 Å². The Morgan fingerprint density at radius 3 is 2.58 bits per heavy atom.